The molecule has 0 atom stereocenters. The van der Waals surface area contributed by atoms with Crippen LogP contribution in [0.15, 0.2) is 48.0 Å². The number of rotatable bonds is 3. The predicted octanol–water partition coefficient (Wildman–Crippen LogP) is 3.29. The lowest BCUT2D eigenvalue weighted by atomic mass is 10.1. The molecular weight excluding hydrogens is 348 g/mol. The molecule has 0 radical (unpaired) electrons. The standard InChI is InChI=1S/C18H12N6OS/c1-11-21-15(10-26-11)18(25)22-17-9-20-16-7-6-14(23-24(16)17)13-5-3-2-4-12(13)8-19/h2-7,9-10H,1H3,(H,22,25). The maximum atomic E-state index is 12.3. The molecule has 0 saturated carbocycles. The number of benzene rings is 1. The number of hydrogen-bond donors (Lipinski definition) is 1. The van der Waals surface area contributed by atoms with Crippen molar-refractivity contribution in [3.05, 3.63) is 64.2 Å². The highest BCUT2D eigenvalue weighted by Crippen LogP contribution is 2.22. The molecule has 1 N–H and O–H groups in total. The molecule has 3 aromatic heterocycles. The fourth-order valence-corrected chi connectivity index (χ4v) is 3.15. The van der Waals surface area contributed by atoms with Crippen molar-refractivity contribution in [2.45, 2.75) is 6.92 Å². The van der Waals surface area contributed by atoms with Crippen LogP contribution in [0, 0.1) is 18.3 Å². The van der Waals surface area contributed by atoms with Gasteiger partial charge in [0.05, 0.1) is 28.5 Å². The fourth-order valence-electron chi connectivity index (χ4n) is 2.55. The average Bonchev–Trinajstić information content (AvgIpc) is 3.28. The highest BCUT2D eigenvalue weighted by atomic mass is 32.1. The number of carbonyl (C=O) groups is 1. The lowest BCUT2D eigenvalue weighted by molar-refractivity contribution is 0.102. The van der Waals surface area contributed by atoms with Gasteiger partial charge in [0.1, 0.15) is 5.69 Å². The SMILES string of the molecule is Cc1nc(C(=O)Nc2cnc3ccc(-c4ccccc4C#N)nn23)cs1. The van der Waals surface area contributed by atoms with E-state index in [1.54, 1.807) is 40.4 Å². The van der Waals surface area contributed by atoms with Gasteiger partial charge < -0.3 is 5.32 Å². The number of aryl methyl sites for hydroxylation is 1. The van der Waals surface area contributed by atoms with E-state index in [0.717, 1.165) is 10.6 Å². The smallest absolute Gasteiger partial charge is 0.276 e. The molecule has 7 nitrogen and oxygen atoms in total. The minimum Gasteiger partial charge on any atom is -0.304 e. The molecule has 0 bridgehead atoms. The molecule has 0 aliphatic carbocycles. The minimum absolute atomic E-state index is 0.319. The molecule has 0 spiro atoms. The number of nitrogens with one attached hydrogen (secondary N) is 1. The van der Waals surface area contributed by atoms with E-state index >= 15 is 0 Å². The third-order valence-electron chi connectivity index (χ3n) is 3.78. The van der Waals surface area contributed by atoms with Gasteiger partial charge >= 0.3 is 0 Å². The minimum atomic E-state index is -0.319. The summed E-state index contributed by atoms with van der Waals surface area (Å²) in [7, 11) is 0. The van der Waals surface area contributed by atoms with Crippen molar-refractivity contribution >= 4 is 28.7 Å². The lowest BCUT2D eigenvalue weighted by Gasteiger charge is -2.06. The van der Waals surface area contributed by atoms with E-state index in [1.165, 1.54) is 11.3 Å². The summed E-state index contributed by atoms with van der Waals surface area (Å²) in [5.41, 5.74) is 2.81. The number of nitrogens with zero attached hydrogens (tertiary/aromatic N) is 5. The van der Waals surface area contributed by atoms with E-state index in [9.17, 15) is 10.1 Å². The average molecular weight is 360 g/mol. The highest BCUT2D eigenvalue weighted by Gasteiger charge is 2.14. The first-order chi connectivity index (χ1) is 12.7. The summed E-state index contributed by atoms with van der Waals surface area (Å²) >= 11 is 1.41. The van der Waals surface area contributed by atoms with Crippen LogP contribution in [0.3, 0.4) is 0 Å². The van der Waals surface area contributed by atoms with E-state index < -0.39 is 0 Å². The summed E-state index contributed by atoms with van der Waals surface area (Å²) in [5, 5.41) is 19.1. The number of fused-ring (bicyclic) bond motifs is 1. The molecule has 3 heterocycles. The molecule has 4 rings (SSSR count). The first-order valence-corrected chi connectivity index (χ1v) is 8.61. The molecule has 126 valence electrons. The Morgan fingerprint density at radius 2 is 2.12 bits per heavy atom. The van der Waals surface area contributed by atoms with Crippen molar-refractivity contribution in [3.8, 4) is 17.3 Å². The van der Waals surface area contributed by atoms with Crippen molar-refractivity contribution in [2.75, 3.05) is 5.32 Å². The van der Waals surface area contributed by atoms with Crippen LogP contribution in [0.25, 0.3) is 16.9 Å². The van der Waals surface area contributed by atoms with Crippen molar-refractivity contribution < 1.29 is 4.79 Å². The largest absolute Gasteiger partial charge is 0.304 e. The highest BCUT2D eigenvalue weighted by molar-refractivity contribution is 7.09. The zero-order chi connectivity index (χ0) is 18.1. The number of amides is 1. The van der Waals surface area contributed by atoms with Gasteiger partial charge in [-0.05, 0) is 25.1 Å². The predicted molar refractivity (Wildman–Crippen MR) is 97.9 cm³/mol. The van der Waals surface area contributed by atoms with E-state index in [1.807, 2.05) is 19.1 Å². The van der Waals surface area contributed by atoms with E-state index in [0.29, 0.717) is 28.4 Å². The van der Waals surface area contributed by atoms with Crippen LogP contribution in [0.5, 0.6) is 0 Å². The van der Waals surface area contributed by atoms with Gasteiger partial charge in [-0.3, -0.25) is 4.79 Å². The summed E-state index contributed by atoms with van der Waals surface area (Å²) in [4.78, 5) is 20.8. The Morgan fingerprint density at radius 3 is 2.88 bits per heavy atom. The van der Waals surface area contributed by atoms with Crippen molar-refractivity contribution in [2.24, 2.45) is 0 Å². The van der Waals surface area contributed by atoms with Crippen LogP contribution in [-0.2, 0) is 0 Å². The summed E-state index contributed by atoms with van der Waals surface area (Å²) < 4.78 is 1.54. The van der Waals surface area contributed by atoms with Gasteiger partial charge in [-0.25, -0.2) is 9.97 Å². The summed E-state index contributed by atoms with van der Waals surface area (Å²) in [6.45, 7) is 1.84. The van der Waals surface area contributed by atoms with Crippen molar-refractivity contribution in [1.82, 2.24) is 19.6 Å². The Hall–Kier alpha value is -3.57. The second-order valence-corrected chi connectivity index (χ2v) is 6.56. The maximum absolute atomic E-state index is 12.3. The van der Waals surface area contributed by atoms with Gasteiger partial charge in [-0.2, -0.15) is 14.9 Å². The zero-order valence-electron chi connectivity index (χ0n) is 13.7. The molecule has 0 fully saturated rings. The monoisotopic (exact) mass is 360 g/mol. The molecule has 4 aromatic rings. The molecule has 8 heteroatoms. The number of hydrogen-bond acceptors (Lipinski definition) is 6. The van der Waals surface area contributed by atoms with Gasteiger partial charge in [0, 0.05) is 10.9 Å². The zero-order valence-corrected chi connectivity index (χ0v) is 14.5. The molecule has 1 amide bonds. The van der Waals surface area contributed by atoms with Crippen LogP contribution < -0.4 is 5.32 Å². The fraction of sp³-hybridized carbons (Fsp3) is 0.0556. The molecule has 26 heavy (non-hydrogen) atoms. The van der Waals surface area contributed by atoms with Crippen molar-refractivity contribution in [3.63, 3.8) is 0 Å². The Balaban J connectivity index is 1.73. The van der Waals surface area contributed by atoms with Crippen LogP contribution in [0.4, 0.5) is 5.82 Å². The number of nitriles is 1. The molecule has 0 aliphatic rings. The van der Waals surface area contributed by atoms with Crippen molar-refractivity contribution in [1.29, 1.82) is 5.26 Å². The second-order valence-electron chi connectivity index (χ2n) is 5.50. The lowest BCUT2D eigenvalue weighted by Crippen LogP contribution is -2.14. The first-order valence-electron chi connectivity index (χ1n) is 7.73. The third kappa shape index (κ3) is 2.81. The van der Waals surface area contributed by atoms with Crippen LogP contribution >= 0.6 is 11.3 Å². The number of aromatic nitrogens is 4. The molecule has 0 unspecified atom stereocenters. The second kappa shape index (κ2) is 6.38. The summed E-state index contributed by atoms with van der Waals surface area (Å²) in [6.07, 6.45) is 1.54. The number of imidazole rings is 1. The van der Waals surface area contributed by atoms with Gasteiger partial charge in [-0.1, -0.05) is 18.2 Å². The Labute approximate surface area is 152 Å². The van der Waals surface area contributed by atoms with Crippen LogP contribution in [0.1, 0.15) is 21.1 Å². The normalized spacial score (nSPS) is 10.6. The number of carbonyl (C=O) groups excluding carboxylic acids is 1. The van der Waals surface area contributed by atoms with Gasteiger partial charge in [0.25, 0.3) is 5.91 Å². The van der Waals surface area contributed by atoms with E-state index in [2.05, 4.69) is 26.5 Å². The topological polar surface area (TPSA) is 96.0 Å². The summed E-state index contributed by atoms with van der Waals surface area (Å²) in [5.74, 6) is 0.118. The molecule has 1 aromatic carbocycles. The Bertz CT molecular complexity index is 1170. The van der Waals surface area contributed by atoms with Crippen LogP contribution in [0.2, 0.25) is 0 Å². The number of anilines is 1. The number of thiazole rings is 1. The Kier molecular flexibility index (Phi) is 3.91. The maximum Gasteiger partial charge on any atom is 0.276 e. The third-order valence-corrected chi connectivity index (χ3v) is 4.55. The molecule has 0 aliphatic heterocycles. The molecule has 0 saturated heterocycles. The first kappa shape index (κ1) is 15.9. The van der Waals surface area contributed by atoms with Gasteiger partial charge in [-0.15, -0.1) is 11.3 Å². The Morgan fingerprint density at radius 1 is 1.27 bits per heavy atom. The van der Waals surface area contributed by atoms with E-state index in [4.69, 9.17) is 0 Å². The van der Waals surface area contributed by atoms with E-state index in [-0.39, 0.29) is 5.91 Å². The summed E-state index contributed by atoms with van der Waals surface area (Å²) in [6, 6.07) is 13.0. The molecular formula is C18H12N6OS. The van der Waals surface area contributed by atoms with Gasteiger partial charge in [0.15, 0.2) is 11.5 Å². The van der Waals surface area contributed by atoms with Gasteiger partial charge in [0.2, 0.25) is 0 Å². The quantitative estimate of drug-likeness (QED) is 0.605. The van der Waals surface area contributed by atoms with Crippen LogP contribution in [-0.4, -0.2) is 25.5 Å².